The summed E-state index contributed by atoms with van der Waals surface area (Å²) in [5.41, 5.74) is 0. The van der Waals surface area contributed by atoms with Gasteiger partial charge in [0.2, 0.25) is 0 Å². The third-order valence-electron chi connectivity index (χ3n) is 2.29. The van der Waals surface area contributed by atoms with E-state index in [1.807, 2.05) is 0 Å². The summed E-state index contributed by atoms with van der Waals surface area (Å²) in [5.74, 6) is 2.55. The lowest BCUT2D eigenvalue weighted by molar-refractivity contribution is 0.408. The summed E-state index contributed by atoms with van der Waals surface area (Å²) in [6.07, 6.45) is 3.42. The summed E-state index contributed by atoms with van der Waals surface area (Å²) in [5, 5.41) is 0. The Morgan fingerprint density at radius 1 is 1.15 bits per heavy atom. The minimum absolute atomic E-state index is 0.394. The molecule has 0 aromatic carbocycles. The van der Waals surface area contributed by atoms with Crippen molar-refractivity contribution < 1.29 is 4.74 Å². The largest absolute Gasteiger partial charge is 0.494 e. The molecule has 0 unspecified atom stereocenters. The van der Waals surface area contributed by atoms with E-state index in [1.54, 1.807) is 19.5 Å². The predicted octanol–water partition coefficient (Wildman–Crippen LogP) is 2.24. The Labute approximate surface area is 79.2 Å². The van der Waals surface area contributed by atoms with Gasteiger partial charge in [0, 0.05) is 5.92 Å². The first-order valence-electron chi connectivity index (χ1n) is 4.51. The fourth-order valence-corrected chi connectivity index (χ4v) is 0.965. The molecule has 1 rings (SSSR count). The molecule has 0 aliphatic rings. The standard InChI is InChI=1S/C10H16N2O/c1-7(2)8(3)10-11-5-9(13-4)6-12-10/h5-8H,1-4H3/t8-/m0/s1. The van der Waals surface area contributed by atoms with E-state index in [2.05, 4.69) is 30.7 Å². The Kier molecular flexibility index (Phi) is 3.23. The van der Waals surface area contributed by atoms with Crippen LogP contribution in [0.3, 0.4) is 0 Å². The normalized spacial score (nSPS) is 13.0. The van der Waals surface area contributed by atoms with Gasteiger partial charge in [-0.2, -0.15) is 0 Å². The van der Waals surface area contributed by atoms with Gasteiger partial charge >= 0.3 is 0 Å². The number of aromatic nitrogens is 2. The quantitative estimate of drug-likeness (QED) is 0.715. The van der Waals surface area contributed by atoms with Crippen molar-refractivity contribution in [2.45, 2.75) is 26.7 Å². The number of methoxy groups -OCH3 is 1. The van der Waals surface area contributed by atoms with Gasteiger partial charge in [0.25, 0.3) is 0 Å². The van der Waals surface area contributed by atoms with Crippen molar-refractivity contribution in [3.05, 3.63) is 18.2 Å². The highest BCUT2D eigenvalue weighted by atomic mass is 16.5. The molecule has 0 fully saturated rings. The van der Waals surface area contributed by atoms with E-state index in [0.29, 0.717) is 17.6 Å². The van der Waals surface area contributed by atoms with Crippen LogP contribution in [0.25, 0.3) is 0 Å². The first kappa shape index (κ1) is 9.96. The Hall–Kier alpha value is -1.12. The van der Waals surface area contributed by atoms with Crippen LogP contribution in [-0.2, 0) is 0 Å². The van der Waals surface area contributed by atoms with Gasteiger partial charge in [-0.1, -0.05) is 20.8 Å². The van der Waals surface area contributed by atoms with E-state index >= 15 is 0 Å². The van der Waals surface area contributed by atoms with Crippen molar-refractivity contribution in [1.29, 1.82) is 0 Å². The number of rotatable bonds is 3. The van der Waals surface area contributed by atoms with Crippen molar-refractivity contribution in [1.82, 2.24) is 9.97 Å². The number of nitrogens with zero attached hydrogens (tertiary/aromatic N) is 2. The molecule has 3 heteroatoms. The van der Waals surface area contributed by atoms with Gasteiger partial charge in [-0.3, -0.25) is 0 Å². The summed E-state index contributed by atoms with van der Waals surface area (Å²) >= 11 is 0. The molecular weight excluding hydrogens is 164 g/mol. The van der Waals surface area contributed by atoms with Gasteiger partial charge in [-0.05, 0) is 5.92 Å². The zero-order chi connectivity index (χ0) is 9.84. The molecule has 13 heavy (non-hydrogen) atoms. The highest BCUT2D eigenvalue weighted by Crippen LogP contribution is 2.20. The van der Waals surface area contributed by atoms with Gasteiger partial charge in [-0.15, -0.1) is 0 Å². The number of ether oxygens (including phenoxy) is 1. The second-order valence-electron chi connectivity index (χ2n) is 3.51. The van der Waals surface area contributed by atoms with Crippen LogP contribution in [-0.4, -0.2) is 17.1 Å². The number of hydrogen-bond acceptors (Lipinski definition) is 3. The molecule has 1 aromatic heterocycles. The molecule has 0 saturated carbocycles. The molecule has 0 saturated heterocycles. The third kappa shape index (κ3) is 2.41. The van der Waals surface area contributed by atoms with Crippen LogP contribution < -0.4 is 4.74 Å². The van der Waals surface area contributed by atoms with Crippen LogP contribution in [0, 0.1) is 5.92 Å². The molecule has 0 N–H and O–H groups in total. The maximum absolute atomic E-state index is 4.98. The van der Waals surface area contributed by atoms with E-state index in [-0.39, 0.29) is 0 Å². The average molecular weight is 180 g/mol. The lowest BCUT2D eigenvalue weighted by Crippen LogP contribution is -2.06. The van der Waals surface area contributed by atoms with Crippen molar-refractivity contribution in [3.8, 4) is 5.75 Å². The van der Waals surface area contributed by atoms with Crippen molar-refractivity contribution >= 4 is 0 Å². The molecule has 1 aromatic rings. The van der Waals surface area contributed by atoms with Gasteiger partial charge in [0.15, 0.2) is 5.75 Å². The highest BCUT2D eigenvalue weighted by molar-refractivity contribution is 5.13. The first-order chi connectivity index (χ1) is 6.15. The van der Waals surface area contributed by atoms with Crippen molar-refractivity contribution in [2.75, 3.05) is 7.11 Å². The Morgan fingerprint density at radius 2 is 1.69 bits per heavy atom. The summed E-state index contributed by atoms with van der Waals surface area (Å²) < 4.78 is 4.98. The molecule has 72 valence electrons. The second-order valence-corrected chi connectivity index (χ2v) is 3.51. The summed E-state index contributed by atoms with van der Waals surface area (Å²) in [4.78, 5) is 8.47. The van der Waals surface area contributed by atoms with Crippen molar-refractivity contribution in [3.63, 3.8) is 0 Å². The topological polar surface area (TPSA) is 35.0 Å². The molecule has 0 radical (unpaired) electrons. The van der Waals surface area contributed by atoms with Gasteiger partial charge in [0.1, 0.15) is 5.82 Å². The van der Waals surface area contributed by atoms with E-state index in [0.717, 1.165) is 5.82 Å². The lowest BCUT2D eigenvalue weighted by Gasteiger charge is -2.13. The summed E-state index contributed by atoms with van der Waals surface area (Å²) in [6.45, 7) is 6.46. The van der Waals surface area contributed by atoms with Gasteiger partial charge < -0.3 is 4.74 Å². The maximum Gasteiger partial charge on any atom is 0.155 e. The monoisotopic (exact) mass is 180 g/mol. The highest BCUT2D eigenvalue weighted by Gasteiger charge is 2.12. The van der Waals surface area contributed by atoms with Crippen LogP contribution in [0.4, 0.5) is 0 Å². The lowest BCUT2D eigenvalue weighted by atomic mass is 9.97. The molecule has 3 nitrogen and oxygen atoms in total. The molecule has 0 aliphatic carbocycles. The smallest absolute Gasteiger partial charge is 0.155 e. The van der Waals surface area contributed by atoms with Gasteiger partial charge in [-0.25, -0.2) is 9.97 Å². The van der Waals surface area contributed by atoms with Crippen LogP contribution in [0.1, 0.15) is 32.5 Å². The minimum atomic E-state index is 0.394. The molecular formula is C10H16N2O. The Morgan fingerprint density at radius 3 is 2.08 bits per heavy atom. The molecule has 0 spiro atoms. The zero-order valence-corrected chi connectivity index (χ0v) is 8.61. The molecule has 1 heterocycles. The van der Waals surface area contributed by atoms with E-state index in [9.17, 15) is 0 Å². The van der Waals surface area contributed by atoms with E-state index < -0.39 is 0 Å². The molecule has 1 atom stereocenters. The maximum atomic E-state index is 4.98. The minimum Gasteiger partial charge on any atom is -0.494 e. The Balaban J connectivity index is 2.79. The van der Waals surface area contributed by atoms with Crippen LogP contribution >= 0.6 is 0 Å². The summed E-state index contributed by atoms with van der Waals surface area (Å²) in [6, 6.07) is 0. The average Bonchev–Trinajstić information content (AvgIpc) is 2.17. The third-order valence-corrected chi connectivity index (χ3v) is 2.29. The predicted molar refractivity (Wildman–Crippen MR) is 51.8 cm³/mol. The fraction of sp³-hybridized carbons (Fsp3) is 0.600. The van der Waals surface area contributed by atoms with Crippen LogP contribution in [0.5, 0.6) is 5.75 Å². The van der Waals surface area contributed by atoms with Gasteiger partial charge in [0.05, 0.1) is 19.5 Å². The summed E-state index contributed by atoms with van der Waals surface area (Å²) in [7, 11) is 1.62. The number of hydrogen-bond donors (Lipinski definition) is 0. The molecule has 0 aliphatic heterocycles. The van der Waals surface area contributed by atoms with E-state index in [4.69, 9.17) is 4.74 Å². The zero-order valence-electron chi connectivity index (χ0n) is 8.61. The van der Waals surface area contributed by atoms with Crippen molar-refractivity contribution in [2.24, 2.45) is 5.92 Å². The first-order valence-corrected chi connectivity index (χ1v) is 4.51. The van der Waals surface area contributed by atoms with E-state index in [1.165, 1.54) is 0 Å². The SMILES string of the molecule is COc1cnc([C@@H](C)C(C)C)nc1. The molecule has 0 amide bonds. The van der Waals surface area contributed by atoms with Crippen LogP contribution in [0.2, 0.25) is 0 Å². The van der Waals surface area contributed by atoms with Crippen LogP contribution in [0.15, 0.2) is 12.4 Å². The fourth-order valence-electron chi connectivity index (χ4n) is 0.965. The Bertz CT molecular complexity index is 256. The molecule has 0 bridgehead atoms. The second kappa shape index (κ2) is 4.21.